The number of aryl methyl sites for hydroxylation is 1. The fourth-order valence-electron chi connectivity index (χ4n) is 1.62. The molecule has 0 aromatic heterocycles. The minimum atomic E-state index is -1.01. The summed E-state index contributed by atoms with van der Waals surface area (Å²) in [4.78, 5) is 22.8. The lowest BCUT2D eigenvalue weighted by Crippen LogP contribution is -2.36. The van der Waals surface area contributed by atoms with Crippen LogP contribution in [0, 0.1) is 6.92 Å². The second-order valence-electron chi connectivity index (χ2n) is 5.39. The molecular formula is C16H21NO3S. The number of hydrogen-bond donors (Lipinski definition) is 2. The number of carbonyl (C=O) groups is 2. The molecular weight excluding hydrogens is 286 g/mol. The highest BCUT2D eigenvalue weighted by Crippen LogP contribution is 2.20. The highest BCUT2D eigenvalue weighted by molar-refractivity contribution is 7.99. The minimum Gasteiger partial charge on any atom is -0.478 e. The Bertz CT molecular complexity index is 565. The summed E-state index contributed by atoms with van der Waals surface area (Å²) in [5, 5.41) is 11.6. The fourth-order valence-corrected chi connectivity index (χ4v) is 1.83. The number of benzene rings is 1. The molecule has 21 heavy (non-hydrogen) atoms. The van der Waals surface area contributed by atoms with Crippen LogP contribution in [0.15, 0.2) is 24.3 Å². The van der Waals surface area contributed by atoms with Gasteiger partial charge in [-0.1, -0.05) is 12.1 Å². The van der Waals surface area contributed by atoms with E-state index in [1.807, 2.05) is 19.2 Å². The maximum absolute atomic E-state index is 12.3. The molecule has 0 bridgehead atoms. The molecule has 0 unspecified atom stereocenters. The summed E-state index contributed by atoms with van der Waals surface area (Å²) in [5.41, 5.74) is 2.12. The van der Waals surface area contributed by atoms with Crippen LogP contribution in [0.4, 0.5) is 0 Å². The first-order chi connectivity index (χ1) is 9.75. The van der Waals surface area contributed by atoms with Gasteiger partial charge in [-0.15, -0.1) is 0 Å². The molecule has 0 spiro atoms. The van der Waals surface area contributed by atoms with Crippen molar-refractivity contribution in [1.29, 1.82) is 0 Å². The lowest BCUT2D eigenvalue weighted by Gasteiger charge is -2.22. The van der Waals surface area contributed by atoms with Gasteiger partial charge in [0.25, 0.3) is 5.91 Å². The maximum Gasteiger partial charge on any atom is 0.328 e. The van der Waals surface area contributed by atoms with Crippen LogP contribution in [0.2, 0.25) is 0 Å². The molecule has 1 aromatic carbocycles. The maximum atomic E-state index is 12.3. The highest BCUT2D eigenvalue weighted by Gasteiger charge is 2.18. The zero-order valence-corrected chi connectivity index (χ0v) is 13.6. The van der Waals surface area contributed by atoms with Crippen molar-refractivity contribution in [1.82, 2.24) is 5.32 Å². The summed E-state index contributed by atoms with van der Waals surface area (Å²) in [6, 6.07) is 5.31. The van der Waals surface area contributed by atoms with E-state index in [2.05, 4.69) is 19.2 Å². The zero-order valence-electron chi connectivity index (χ0n) is 12.8. The Morgan fingerprint density at radius 1 is 1.38 bits per heavy atom. The Balaban J connectivity index is 2.88. The average Bonchev–Trinajstić information content (AvgIpc) is 2.44. The standard InChI is InChI=1S/C16H21NO3S/c1-11-5-6-12(7-8-14(18)19)9-13(11)15(20)17-10-16(2,3)21-4/h5-9H,10H2,1-4H3,(H,17,20)(H,18,19)/b8-7+. The van der Waals surface area contributed by atoms with Crippen LogP contribution in [0.1, 0.15) is 35.3 Å². The Hall–Kier alpha value is -1.75. The Morgan fingerprint density at radius 3 is 2.62 bits per heavy atom. The van der Waals surface area contributed by atoms with E-state index in [-0.39, 0.29) is 10.7 Å². The molecule has 0 atom stereocenters. The summed E-state index contributed by atoms with van der Waals surface area (Å²) >= 11 is 1.69. The summed E-state index contributed by atoms with van der Waals surface area (Å²) in [5.74, 6) is -1.15. The molecule has 0 saturated carbocycles. The van der Waals surface area contributed by atoms with Crippen molar-refractivity contribution in [2.75, 3.05) is 12.8 Å². The number of amides is 1. The van der Waals surface area contributed by atoms with Crippen LogP contribution in [0.5, 0.6) is 0 Å². The molecule has 2 N–H and O–H groups in total. The van der Waals surface area contributed by atoms with Gasteiger partial charge in [-0.25, -0.2) is 4.79 Å². The number of aliphatic carboxylic acids is 1. The van der Waals surface area contributed by atoms with E-state index in [1.54, 1.807) is 23.9 Å². The molecule has 1 aromatic rings. The SMILES string of the molecule is CSC(C)(C)CNC(=O)c1cc(/C=C/C(=O)O)ccc1C. The third-order valence-corrected chi connectivity index (χ3v) is 4.40. The van der Waals surface area contributed by atoms with Gasteiger partial charge in [0.15, 0.2) is 0 Å². The molecule has 0 aliphatic rings. The highest BCUT2D eigenvalue weighted by atomic mass is 32.2. The Kier molecular flexibility index (Phi) is 6.03. The quantitative estimate of drug-likeness (QED) is 0.793. The van der Waals surface area contributed by atoms with E-state index in [4.69, 9.17) is 5.11 Å². The van der Waals surface area contributed by atoms with Gasteiger partial charge in [-0.3, -0.25) is 4.79 Å². The van der Waals surface area contributed by atoms with E-state index in [0.717, 1.165) is 11.6 Å². The Morgan fingerprint density at radius 2 is 2.05 bits per heavy atom. The number of carboxylic acid groups (broad SMARTS) is 1. The van der Waals surface area contributed by atoms with Crippen LogP contribution >= 0.6 is 11.8 Å². The van der Waals surface area contributed by atoms with Gasteiger partial charge in [0.2, 0.25) is 0 Å². The van der Waals surface area contributed by atoms with E-state index in [1.165, 1.54) is 6.08 Å². The number of hydrogen-bond acceptors (Lipinski definition) is 3. The van der Waals surface area contributed by atoms with Crippen molar-refractivity contribution in [3.8, 4) is 0 Å². The van der Waals surface area contributed by atoms with Gasteiger partial charge >= 0.3 is 5.97 Å². The van der Waals surface area contributed by atoms with E-state index in [0.29, 0.717) is 17.7 Å². The van der Waals surface area contributed by atoms with E-state index < -0.39 is 5.97 Å². The van der Waals surface area contributed by atoms with Crippen LogP contribution in [-0.2, 0) is 4.79 Å². The first-order valence-electron chi connectivity index (χ1n) is 6.60. The lowest BCUT2D eigenvalue weighted by molar-refractivity contribution is -0.131. The van der Waals surface area contributed by atoms with Gasteiger partial charge in [-0.2, -0.15) is 11.8 Å². The second-order valence-corrected chi connectivity index (χ2v) is 6.91. The summed E-state index contributed by atoms with van der Waals surface area (Å²) in [7, 11) is 0. The van der Waals surface area contributed by atoms with Crippen molar-refractivity contribution < 1.29 is 14.7 Å². The minimum absolute atomic E-state index is 0.0234. The van der Waals surface area contributed by atoms with Gasteiger partial charge in [0.1, 0.15) is 0 Å². The van der Waals surface area contributed by atoms with Gasteiger partial charge in [-0.05, 0) is 50.3 Å². The third-order valence-electron chi connectivity index (χ3n) is 3.15. The number of thioether (sulfide) groups is 1. The smallest absolute Gasteiger partial charge is 0.328 e. The number of nitrogens with one attached hydrogen (secondary N) is 1. The van der Waals surface area contributed by atoms with Crippen LogP contribution < -0.4 is 5.32 Å². The number of carboxylic acids is 1. The summed E-state index contributed by atoms with van der Waals surface area (Å²) < 4.78 is -0.0234. The predicted octanol–water partition coefficient (Wildman–Crippen LogP) is 2.96. The van der Waals surface area contributed by atoms with Crippen molar-refractivity contribution in [3.63, 3.8) is 0 Å². The first-order valence-corrected chi connectivity index (χ1v) is 7.82. The van der Waals surface area contributed by atoms with Gasteiger partial charge in [0, 0.05) is 22.9 Å². The molecule has 0 radical (unpaired) electrons. The fraction of sp³-hybridized carbons (Fsp3) is 0.375. The average molecular weight is 307 g/mol. The molecule has 0 heterocycles. The monoisotopic (exact) mass is 307 g/mol. The largest absolute Gasteiger partial charge is 0.478 e. The zero-order chi connectivity index (χ0) is 16.0. The molecule has 1 amide bonds. The molecule has 0 fully saturated rings. The van der Waals surface area contributed by atoms with Crippen LogP contribution in [0.3, 0.4) is 0 Å². The number of rotatable bonds is 6. The molecule has 4 nitrogen and oxygen atoms in total. The van der Waals surface area contributed by atoms with Gasteiger partial charge < -0.3 is 10.4 Å². The van der Waals surface area contributed by atoms with Crippen LogP contribution in [-0.4, -0.2) is 34.5 Å². The molecule has 0 saturated heterocycles. The van der Waals surface area contributed by atoms with Crippen LogP contribution in [0.25, 0.3) is 6.08 Å². The van der Waals surface area contributed by atoms with Gasteiger partial charge in [0.05, 0.1) is 0 Å². The van der Waals surface area contributed by atoms with Crippen molar-refractivity contribution in [2.24, 2.45) is 0 Å². The molecule has 1 rings (SSSR count). The Labute approximate surface area is 129 Å². The van der Waals surface area contributed by atoms with E-state index in [9.17, 15) is 9.59 Å². The summed E-state index contributed by atoms with van der Waals surface area (Å²) in [6.07, 6.45) is 4.54. The normalized spacial score (nSPS) is 11.6. The second kappa shape index (κ2) is 7.31. The first kappa shape index (κ1) is 17.3. The molecule has 114 valence electrons. The van der Waals surface area contributed by atoms with E-state index >= 15 is 0 Å². The van der Waals surface area contributed by atoms with Crippen molar-refractivity contribution in [3.05, 3.63) is 41.0 Å². The van der Waals surface area contributed by atoms with Crippen molar-refractivity contribution >= 4 is 29.7 Å². The summed E-state index contributed by atoms with van der Waals surface area (Å²) in [6.45, 7) is 6.56. The molecule has 5 heteroatoms. The molecule has 0 aliphatic heterocycles. The third kappa shape index (κ3) is 5.63. The predicted molar refractivity (Wildman–Crippen MR) is 87.8 cm³/mol. The lowest BCUT2D eigenvalue weighted by atomic mass is 10.0. The molecule has 0 aliphatic carbocycles. The van der Waals surface area contributed by atoms with Crippen molar-refractivity contribution in [2.45, 2.75) is 25.5 Å². The topological polar surface area (TPSA) is 66.4 Å². The number of carbonyl (C=O) groups excluding carboxylic acids is 1.